The molecule has 9 heteroatoms. The number of hydrogen-bond acceptors (Lipinski definition) is 7. The predicted molar refractivity (Wildman–Crippen MR) is 102 cm³/mol. The molecule has 0 bridgehead atoms. The molecule has 1 amide bonds. The number of hydrazone groups is 1. The molecule has 0 spiro atoms. The molecule has 0 radical (unpaired) electrons. The van der Waals surface area contributed by atoms with Crippen molar-refractivity contribution in [2.24, 2.45) is 5.10 Å². The summed E-state index contributed by atoms with van der Waals surface area (Å²) in [6.45, 7) is 4.69. The number of benzene rings is 1. The number of rotatable bonds is 6. The molecule has 1 aliphatic rings. The van der Waals surface area contributed by atoms with Crippen LogP contribution in [0, 0.1) is 5.82 Å². The largest absolute Gasteiger partial charge is 0.494 e. The highest BCUT2D eigenvalue weighted by Crippen LogP contribution is 2.21. The Kier molecular flexibility index (Phi) is 6.36. The topological polar surface area (TPSA) is 76.0 Å². The molecule has 1 saturated heterocycles. The van der Waals surface area contributed by atoms with Crippen LogP contribution >= 0.6 is 11.3 Å². The number of hydrogen-bond donors (Lipinski definition) is 1. The minimum atomic E-state index is -0.478. The van der Waals surface area contributed by atoms with E-state index in [2.05, 4.69) is 20.4 Å². The predicted octanol–water partition coefficient (Wildman–Crippen LogP) is 2.21. The van der Waals surface area contributed by atoms with Gasteiger partial charge in [-0.25, -0.2) is 14.8 Å². The van der Waals surface area contributed by atoms with Crippen molar-refractivity contribution >= 4 is 28.1 Å². The van der Waals surface area contributed by atoms with Crippen LogP contribution in [0.15, 0.2) is 28.7 Å². The Morgan fingerprint density at radius 3 is 2.93 bits per heavy atom. The molecule has 0 unspecified atom stereocenters. The first-order chi connectivity index (χ1) is 13.1. The number of aromatic nitrogens is 1. The molecule has 0 atom stereocenters. The lowest BCUT2D eigenvalue weighted by Gasteiger charge is -2.26. The van der Waals surface area contributed by atoms with Gasteiger partial charge >= 0.3 is 0 Å². The van der Waals surface area contributed by atoms with Gasteiger partial charge in [0.05, 0.1) is 38.1 Å². The fourth-order valence-corrected chi connectivity index (χ4v) is 3.46. The van der Waals surface area contributed by atoms with Gasteiger partial charge in [-0.15, -0.1) is 11.3 Å². The zero-order valence-corrected chi connectivity index (χ0v) is 16.0. The monoisotopic (exact) mass is 392 g/mol. The fraction of sp³-hybridized carbons (Fsp3) is 0.389. The van der Waals surface area contributed by atoms with E-state index in [1.54, 1.807) is 13.0 Å². The Labute approximate surface area is 160 Å². The average Bonchev–Trinajstić information content (AvgIpc) is 3.15. The maximum absolute atomic E-state index is 13.8. The Balaban J connectivity index is 1.56. The molecule has 2 heterocycles. The molecule has 0 aliphatic carbocycles. The molecule has 1 aromatic carbocycles. The first kappa shape index (κ1) is 19.2. The van der Waals surface area contributed by atoms with Gasteiger partial charge in [0.25, 0.3) is 0 Å². The van der Waals surface area contributed by atoms with Crippen molar-refractivity contribution < 1.29 is 18.7 Å². The van der Waals surface area contributed by atoms with E-state index in [-0.39, 0.29) is 18.1 Å². The number of carbonyl (C=O) groups excluding carboxylic acids is 1. The Hall–Kier alpha value is -2.52. The summed E-state index contributed by atoms with van der Waals surface area (Å²) < 4.78 is 24.0. The maximum atomic E-state index is 13.8. The van der Waals surface area contributed by atoms with Crippen LogP contribution in [0.25, 0.3) is 0 Å². The number of ether oxygens (including phenoxy) is 2. The van der Waals surface area contributed by atoms with Crippen LogP contribution in [0.2, 0.25) is 0 Å². The zero-order chi connectivity index (χ0) is 19.2. The number of methoxy groups -OCH3 is 1. The molecule has 144 valence electrons. The standard InChI is InChI=1S/C18H21FN4O3S/c1-12(13-3-4-16(25-2)15(19)9-13)21-22-17(24)10-14-11-27-18(20-14)23-5-7-26-8-6-23/h3-4,9,11H,5-8,10H2,1-2H3,(H,22,24)/b21-12-. The molecule has 1 fully saturated rings. The quantitative estimate of drug-likeness (QED) is 0.603. The third-order valence-corrected chi connectivity index (χ3v) is 5.03. The molecule has 7 nitrogen and oxygen atoms in total. The summed E-state index contributed by atoms with van der Waals surface area (Å²) in [6.07, 6.45) is 0.134. The number of thiazole rings is 1. The van der Waals surface area contributed by atoms with Crippen molar-refractivity contribution in [2.75, 3.05) is 38.3 Å². The number of anilines is 1. The van der Waals surface area contributed by atoms with Gasteiger partial charge in [0.15, 0.2) is 16.7 Å². The van der Waals surface area contributed by atoms with Crippen LogP contribution in [0.3, 0.4) is 0 Å². The van der Waals surface area contributed by atoms with Crippen LogP contribution < -0.4 is 15.1 Å². The maximum Gasteiger partial charge on any atom is 0.246 e. The average molecular weight is 392 g/mol. The zero-order valence-electron chi connectivity index (χ0n) is 15.2. The minimum absolute atomic E-state index is 0.134. The Morgan fingerprint density at radius 2 is 2.22 bits per heavy atom. The van der Waals surface area contributed by atoms with Gasteiger partial charge in [0, 0.05) is 24.0 Å². The third kappa shape index (κ3) is 5.01. The molecular weight excluding hydrogens is 371 g/mol. The van der Waals surface area contributed by atoms with E-state index in [0.29, 0.717) is 30.2 Å². The van der Waals surface area contributed by atoms with Crippen LogP contribution in [0.4, 0.5) is 9.52 Å². The van der Waals surface area contributed by atoms with Crippen molar-refractivity contribution in [3.8, 4) is 5.75 Å². The van der Waals surface area contributed by atoms with E-state index >= 15 is 0 Å². The Bertz CT molecular complexity index is 834. The molecule has 1 aliphatic heterocycles. The first-order valence-electron chi connectivity index (χ1n) is 8.51. The minimum Gasteiger partial charge on any atom is -0.494 e. The number of nitrogens with zero attached hydrogens (tertiary/aromatic N) is 3. The van der Waals surface area contributed by atoms with Gasteiger partial charge in [-0.2, -0.15) is 5.10 Å². The van der Waals surface area contributed by atoms with Gasteiger partial charge in [-0.05, 0) is 25.1 Å². The van der Waals surface area contributed by atoms with E-state index in [1.807, 2.05) is 5.38 Å². The second-order valence-electron chi connectivity index (χ2n) is 5.98. The summed E-state index contributed by atoms with van der Waals surface area (Å²) in [7, 11) is 1.40. The number of morpholine rings is 1. The van der Waals surface area contributed by atoms with Crippen LogP contribution in [-0.2, 0) is 16.0 Å². The second kappa shape index (κ2) is 8.92. The molecule has 2 aromatic rings. The summed E-state index contributed by atoms with van der Waals surface area (Å²) in [6, 6.07) is 4.52. The van der Waals surface area contributed by atoms with Gasteiger partial charge in [0.2, 0.25) is 5.91 Å². The molecular formula is C18H21FN4O3S. The smallest absolute Gasteiger partial charge is 0.246 e. The van der Waals surface area contributed by atoms with Gasteiger partial charge in [-0.3, -0.25) is 4.79 Å². The first-order valence-corrected chi connectivity index (χ1v) is 9.39. The number of amides is 1. The highest BCUT2D eigenvalue weighted by molar-refractivity contribution is 7.13. The number of halogens is 1. The van der Waals surface area contributed by atoms with Crippen LogP contribution in [0.1, 0.15) is 18.2 Å². The van der Waals surface area contributed by atoms with Gasteiger partial charge in [0.1, 0.15) is 0 Å². The molecule has 0 saturated carbocycles. The number of carbonyl (C=O) groups is 1. The van der Waals surface area contributed by atoms with Crippen LogP contribution in [-0.4, -0.2) is 50.0 Å². The van der Waals surface area contributed by atoms with E-state index in [9.17, 15) is 9.18 Å². The second-order valence-corrected chi connectivity index (χ2v) is 6.82. The van der Waals surface area contributed by atoms with Crippen molar-refractivity contribution in [2.45, 2.75) is 13.3 Å². The molecule has 3 rings (SSSR count). The summed E-state index contributed by atoms with van der Waals surface area (Å²) in [5, 5.41) is 6.81. The fourth-order valence-electron chi connectivity index (χ4n) is 2.58. The highest BCUT2D eigenvalue weighted by Gasteiger charge is 2.15. The normalized spacial score (nSPS) is 14.9. The summed E-state index contributed by atoms with van der Waals surface area (Å²) in [5.74, 6) is -0.591. The highest BCUT2D eigenvalue weighted by atomic mass is 32.1. The SMILES string of the molecule is COc1ccc(/C(C)=N\NC(=O)Cc2csc(N3CCOCC3)n2)cc1F. The number of nitrogens with one attached hydrogen (secondary N) is 1. The third-order valence-electron chi connectivity index (χ3n) is 4.08. The van der Waals surface area contributed by atoms with Crippen molar-refractivity contribution in [1.82, 2.24) is 10.4 Å². The van der Waals surface area contributed by atoms with Crippen molar-refractivity contribution in [1.29, 1.82) is 0 Å². The van der Waals surface area contributed by atoms with E-state index in [1.165, 1.54) is 30.6 Å². The lowest BCUT2D eigenvalue weighted by atomic mass is 10.1. The summed E-state index contributed by atoms with van der Waals surface area (Å²) >= 11 is 1.51. The van der Waals surface area contributed by atoms with Gasteiger partial charge in [-0.1, -0.05) is 0 Å². The molecule has 1 N–H and O–H groups in total. The Morgan fingerprint density at radius 1 is 1.44 bits per heavy atom. The van der Waals surface area contributed by atoms with Crippen molar-refractivity contribution in [3.63, 3.8) is 0 Å². The van der Waals surface area contributed by atoms with Crippen molar-refractivity contribution in [3.05, 3.63) is 40.7 Å². The van der Waals surface area contributed by atoms with Crippen LogP contribution in [0.5, 0.6) is 5.75 Å². The van der Waals surface area contributed by atoms with E-state index in [4.69, 9.17) is 9.47 Å². The summed E-state index contributed by atoms with van der Waals surface area (Å²) in [5.41, 5.74) is 4.25. The van der Waals surface area contributed by atoms with E-state index < -0.39 is 5.82 Å². The van der Waals surface area contributed by atoms with Gasteiger partial charge < -0.3 is 14.4 Å². The summed E-state index contributed by atoms with van der Waals surface area (Å²) in [4.78, 5) is 18.8. The molecule has 1 aromatic heterocycles. The molecule has 27 heavy (non-hydrogen) atoms. The lowest BCUT2D eigenvalue weighted by molar-refractivity contribution is -0.120. The lowest BCUT2D eigenvalue weighted by Crippen LogP contribution is -2.36. The van der Waals surface area contributed by atoms with E-state index in [0.717, 1.165) is 18.2 Å².